The predicted molar refractivity (Wildman–Crippen MR) is 233 cm³/mol. The Labute approximate surface area is 345 Å². The van der Waals surface area contributed by atoms with E-state index in [0.717, 1.165) is 56.5 Å². The Bertz CT molecular complexity index is 2500. The van der Waals surface area contributed by atoms with Crippen LogP contribution in [-0.4, -0.2) is 70.7 Å². The lowest BCUT2D eigenvalue weighted by Crippen LogP contribution is -2.58. The predicted octanol–water partition coefficient (Wildman–Crippen LogP) is 10.5. The van der Waals surface area contributed by atoms with E-state index < -0.39 is 22.0 Å². The Morgan fingerprint density at radius 1 is 0.695 bits per heavy atom. The number of rotatable bonds is 18. The van der Waals surface area contributed by atoms with Crippen LogP contribution in [-0.2, 0) is 29.1 Å². The summed E-state index contributed by atoms with van der Waals surface area (Å²) in [6, 6.07) is 27.9. The summed E-state index contributed by atoms with van der Waals surface area (Å²) in [4.78, 5) is 27.8. The maximum atomic E-state index is 13.6. The van der Waals surface area contributed by atoms with E-state index in [2.05, 4.69) is 85.4 Å². The molecule has 1 unspecified atom stereocenters. The SMILES string of the molecule is C=CC(=O)OCCN(CCOC(=O)C=C)S(=O)(=O)c1ccc(/N=N/c2ccc(/N=N/c3ccc4c5c(cccc35)N(C)C(C)(CCCCC)N4C)c3ccccc23)cc1. The summed E-state index contributed by atoms with van der Waals surface area (Å²) in [5, 5.41) is 22.3. The summed E-state index contributed by atoms with van der Waals surface area (Å²) in [6.07, 6.45) is 6.57. The summed E-state index contributed by atoms with van der Waals surface area (Å²) in [5.74, 6) is -1.37. The molecule has 0 spiro atoms. The highest BCUT2D eigenvalue weighted by Crippen LogP contribution is 2.48. The third-order valence-electron chi connectivity index (χ3n) is 10.8. The van der Waals surface area contributed by atoms with Crippen LogP contribution in [0.3, 0.4) is 0 Å². The van der Waals surface area contributed by atoms with E-state index in [1.807, 2.05) is 42.5 Å². The molecule has 0 fully saturated rings. The van der Waals surface area contributed by atoms with E-state index in [-0.39, 0.29) is 36.9 Å². The van der Waals surface area contributed by atoms with Gasteiger partial charge in [0.2, 0.25) is 10.0 Å². The Morgan fingerprint density at radius 3 is 1.76 bits per heavy atom. The van der Waals surface area contributed by atoms with E-state index in [1.54, 1.807) is 0 Å². The number of sulfonamides is 1. The van der Waals surface area contributed by atoms with Crippen LogP contribution in [0.4, 0.5) is 34.1 Å². The summed E-state index contributed by atoms with van der Waals surface area (Å²) in [6.45, 7) is 10.4. The molecule has 13 nitrogen and oxygen atoms in total. The number of esters is 2. The third kappa shape index (κ3) is 9.08. The zero-order valence-electron chi connectivity index (χ0n) is 33.9. The molecule has 5 aromatic carbocycles. The number of hydrogen-bond donors (Lipinski definition) is 0. The van der Waals surface area contributed by atoms with Gasteiger partial charge in [-0.3, -0.25) is 0 Å². The standard InChI is InChI=1S/C45H49N7O6S/c1-7-10-13-27-45(4)50(5)40-18-14-17-36-39(25-26-41(44(36)40)51(45)6)49-48-38-24-23-37(34-15-11-12-16-35(34)38)47-46-32-19-21-33(22-20-32)59(55,56)52(28-30-57-42(53)8-2)29-31-58-43(54)9-3/h8-9,11-12,14-26H,2-3,7,10,13,27-31H2,1,4-6H3/b47-46+,49-48+. The van der Waals surface area contributed by atoms with Gasteiger partial charge in [-0.2, -0.15) is 9.42 Å². The van der Waals surface area contributed by atoms with Crippen molar-refractivity contribution in [1.29, 1.82) is 0 Å². The van der Waals surface area contributed by atoms with Gasteiger partial charge in [-0.15, -0.1) is 15.3 Å². The number of fused-ring (bicyclic) bond motifs is 1. The lowest BCUT2D eigenvalue weighted by atomic mass is 9.92. The van der Waals surface area contributed by atoms with Gasteiger partial charge in [-0.25, -0.2) is 18.0 Å². The Morgan fingerprint density at radius 2 is 1.20 bits per heavy atom. The first-order chi connectivity index (χ1) is 28.4. The molecule has 306 valence electrons. The summed E-state index contributed by atoms with van der Waals surface area (Å²) < 4.78 is 38.2. The van der Waals surface area contributed by atoms with E-state index >= 15 is 0 Å². The highest BCUT2D eigenvalue weighted by atomic mass is 32.2. The highest BCUT2D eigenvalue weighted by Gasteiger charge is 2.39. The number of carbonyl (C=O) groups is 2. The van der Waals surface area contributed by atoms with Gasteiger partial charge in [0.15, 0.2) is 0 Å². The van der Waals surface area contributed by atoms with Gasteiger partial charge in [0, 0.05) is 72.3 Å². The minimum absolute atomic E-state index is 0.0301. The number of benzene rings is 5. The smallest absolute Gasteiger partial charge is 0.330 e. The van der Waals surface area contributed by atoms with Crippen LogP contribution >= 0.6 is 0 Å². The van der Waals surface area contributed by atoms with E-state index in [0.29, 0.717) is 17.1 Å². The molecule has 0 aliphatic carbocycles. The molecule has 0 saturated carbocycles. The van der Waals surface area contributed by atoms with Gasteiger partial charge >= 0.3 is 11.9 Å². The molecule has 0 radical (unpaired) electrons. The minimum Gasteiger partial charge on any atom is -0.461 e. The molecule has 1 heterocycles. The monoisotopic (exact) mass is 815 g/mol. The van der Waals surface area contributed by atoms with Crippen molar-refractivity contribution in [2.45, 2.75) is 50.1 Å². The zero-order chi connectivity index (χ0) is 42.2. The number of ether oxygens (including phenoxy) is 2. The highest BCUT2D eigenvalue weighted by molar-refractivity contribution is 7.89. The molecule has 0 bridgehead atoms. The first kappa shape index (κ1) is 42.4. The Kier molecular flexibility index (Phi) is 13.3. The molecule has 1 atom stereocenters. The van der Waals surface area contributed by atoms with Crippen molar-refractivity contribution in [1.82, 2.24) is 4.31 Å². The Hall–Kier alpha value is -6.25. The van der Waals surface area contributed by atoms with Crippen molar-refractivity contribution in [3.05, 3.63) is 116 Å². The maximum absolute atomic E-state index is 13.6. The van der Waals surface area contributed by atoms with Gasteiger partial charge in [0.1, 0.15) is 18.9 Å². The van der Waals surface area contributed by atoms with E-state index in [1.165, 1.54) is 48.5 Å². The molecule has 0 N–H and O–H groups in total. The molecule has 0 saturated heterocycles. The van der Waals surface area contributed by atoms with Crippen LogP contribution < -0.4 is 9.80 Å². The quantitative estimate of drug-likeness (QED) is 0.0368. The summed E-state index contributed by atoms with van der Waals surface area (Å²) in [5.41, 5.74) is 4.67. The molecule has 14 heteroatoms. The fourth-order valence-electron chi connectivity index (χ4n) is 7.25. The summed E-state index contributed by atoms with van der Waals surface area (Å²) >= 11 is 0. The number of nitrogens with zero attached hydrogens (tertiary/aromatic N) is 7. The van der Waals surface area contributed by atoms with E-state index in [9.17, 15) is 18.0 Å². The van der Waals surface area contributed by atoms with Gasteiger partial charge in [0.05, 0.1) is 27.6 Å². The molecule has 1 aliphatic heterocycles. The van der Waals surface area contributed by atoms with Crippen molar-refractivity contribution in [2.24, 2.45) is 20.5 Å². The van der Waals surface area contributed by atoms with Crippen LogP contribution in [0.1, 0.15) is 39.5 Å². The first-order valence-electron chi connectivity index (χ1n) is 19.5. The van der Waals surface area contributed by atoms with Crippen molar-refractivity contribution in [3.63, 3.8) is 0 Å². The molecule has 5 aromatic rings. The fraction of sp³-hybridized carbons (Fsp3) is 0.289. The second-order valence-corrected chi connectivity index (χ2v) is 16.2. The van der Waals surface area contributed by atoms with Crippen LogP contribution in [0, 0.1) is 0 Å². The number of unbranched alkanes of at least 4 members (excludes halogenated alkanes) is 2. The average Bonchev–Trinajstić information content (AvgIpc) is 3.25. The second kappa shape index (κ2) is 18.6. The van der Waals surface area contributed by atoms with Crippen LogP contribution in [0.2, 0.25) is 0 Å². The van der Waals surface area contributed by atoms with Crippen LogP contribution in [0.5, 0.6) is 0 Å². The second-order valence-electron chi connectivity index (χ2n) is 14.3. The number of anilines is 2. The molecule has 59 heavy (non-hydrogen) atoms. The van der Waals surface area contributed by atoms with Gasteiger partial charge < -0.3 is 19.3 Å². The minimum atomic E-state index is -4.08. The Balaban J connectivity index is 1.22. The van der Waals surface area contributed by atoms with Crippen molar-refractivity contribution in [2.75, 3.05) is 50.2 Å². The number of azo groups is 2. The molecule has 0 amide bonds. The molecule has 0 aromatic heterocycles. The molecular formula is C45H49N7O6S. The van der Waals surface area contributed by atoms with Gasteiger partial charge in [0.25, 0.3) is 0 Å². The van der Waals surface area contributed by atoms with Gasteiger partial charge in [-0.1, -0.05) is 69.3 Å². The fourth-order valence-corrected chi connectivity index (χ4v) is 8.66. The van der Waals surface area contributed by atoms with Crippen LogP contribution in [0.15, 0.2) is 142 Å². The third-order valence-corrected chi connectivity index (χ3v) is 12.7. The molecular weight excluding hydrogens is 767 g/mol. The van der Waals surface area contributed by atoms with E-state index in [4.69, 9.17) is 19.7 Å². The first-order valence-corrected chi connectivity index (χ1v) is 20.9. The average molecular weight is 816 g/mol. The number of carbonyl (C=O) groups excluding carboxylic acids is 2. The van der Waals surface area contributed by atoms with Gasteiger partial charge in [-0.05, 0) is 74.4 Å². The zero-order valence-corrected chi connectivity index (χ0v) is 34.7. The van der Waals surface area contributed by atoms with Crippen LogP contribution in [0.25, 0.3) is 21.5 Å². The largest absolute Gasteiger partial charge is 0.461 e. The number of hydrogen-bond acceptors (Lipinski definition) is 12. The molecule has 1 aliphatic rings. The topological polar surface area (TPSA) is 146 Å². The van der Waals surface area contributed by atoms with Crippen molar-refractivity contribution in [3.8, 4) is 0 Å². The van der Waals surface area contributed by atoms with Crippen molar-refractivity contribution < 1.29 is 27.5 Å². The molecule has 6 rings (SSSR count). The maximum Gasteiger partial charge on any atom is 0.330 e. The normalized spacial score (nSPS) is 15.4. The summed E-state index contributed by atoms with van der Waals surface area (Å²) in [7, 11) is 0.279. The lowest BCUT2D eigenvalue weighted by Gasteiger charge is -2.52. The van der Waals surface area contributed by atoms with Crippen molar-refractivity contribution >= 4 is 77.6 Å². The lowest BCUT2D eigenvalue weighted by molar-refractivity contribution is -0.137.